The van der Waals surface area contributed by atoms with Crippen molar-refractivity contribution in [1.82, 2.24) is 0 Å². The van der Waals surface area contributed by atoms with E-state index in [1.54, 1.807) is 0 Å². The highest BCUT2D eigenvalue weighted by molar-refractivity contribution is 5.97. The fourth-order valence-electron chi connectivity index (χ4n) is 5.92. The van der Waals surface area contributed by atoms with E-state index in [9.17, 15) is 14.4 Å². The summed E-state index contributed by atoms with van der Waals surface area (Å²) < 4.78 is 28.5. The predicted molar refractivity (Wildman–Crippen MR) is 71.3 cm³/mol. The maximum Gasteiger partial charge on any atom is 0.333 e. The van der Waals surface area contributed by atoms with E-state index in [0.717, 1.165) is 0 Å². The van der Waals surface area contributed by atoms with Gasteiger partial charge in [0.2, 0.25) is 0 Å². The molecule has 8 heteroatoms. The van der Waals surface area contributed by atoms with E-state index in [0.29, 0.717) is 6.42 Å². The summed E-state index contributed by atoms with van der Waals surface area (Å²) >= 11 is 0. The number of rotatable bonds is 2. The smallest absolute Gasteiger partial charge is 0.333 e. The van der Waals surface area contributed by atoms with Gasteiger partial charge in [0, 0.05) is 12.0 Å². The fraction of sp³-hybridized carbons (Fsp3) is 0.688. The molecule has 2 spiro atoms. The molecule has 4 bridgehead atoms. The highest BCUT2D eigenvalue weighted by atomic mass is 16.7. The summed E-state index contributed by atoms with van der Waals surface area (Å²) in [4.78, 5) is 37.7. The van der Waals surface area contributed by atoms with Crippen LogP contribution in [0, 0.1) is 10.8 Å². The van der Waals surface area contributed by atoms with Crippen LogP contribution in [0.3, 0.4) is 0 Å². The topological polar surface area (TPSA) is 97.4 Å². The lowest BCUT2D eigenvalue weighted by Crippen LogP contribution is -2.65. The number of ether oxygens (including phenoxy) is 5. The molecule has 6 heterocycles. The molecule has 6 rings (SSSR count). The Morgan fingerprint density at radius 3 is 2.62 bits per heavy atom. The van der Waals surface area contributed by atoms with Gasteiger partial charge in [-0.3, -0.25) is 9.59 Å². The summed E-state index contributed by atoms with van der Waals surface area (Å²) in [5.41, 5.74) is -2.21. The van der Waals surface area contributed by atoms with Crippen LogP contribution < -0.4 is 0 Å². The molecule has 8 nitrogen and oxygen atoms in total. The summed E-state index contributed by atoms with van der Waals surface area (Å²) in [6, 6.07) is 0. The first kappa shape index (κ1) is 13.4. The van der Waals surface area contributed by atoms with Crippen LogP contribution in [-0.2, 0) is 38.1 Å². The van der Waals surface area contributed by atoms with Crippen LogP contribution in [0.25, 0.3) is 0 Å². The third kappa shape index (κ3) is 0.963. The Morgan fingerprint density at radius 1 is 1.12 bits per heavy atom. The van der Waals surface area contributed by atoms with Gasteiger partial charge in [-0.15, -0.1) is 0 Å². The highest BCUT2D eigenvalue weighted by Crippen LogP contribution is 2.77. The molecule has 6 aliphatic heterocycles. The molecular formula is C16H14O8. The Morgan fingerprint density at radius 2 is 1.88 bits per heavy atom. The third-order valence-electron chi connectivity index (χ3n) is 6.62. The molecular weight excluding hydrogens is 320 g/mol. The zero-order valence-electron chi connectivity index (χ0n) is 12.7. The van der Waals surface area contributed by atoms with E-state index < -0.39 is 65.4 Å². The number of carbonyl (C=O) groups is 3. The van der Waals surface area contributed by atoms with E-state index >= 15 is 0 Å². The SMILES string of the molecule is C=C(C)C(=O)OC1C2OC(=O)C34C5CC6OC(=O)C3(C6O5)C1OC24. The van der Waals surface area contributed by atoms with Crippen LogP contribution in [0.2, 0.25) is 0 Å². The van der Waals surface area contributed by atoms with Crippen molar-refractivity contribution in [2.75, 3.05) is 0 Å². The van der Waals surface area contributed by atoms with Crippen LogP contribution in [-0.4, -0.2) is 60.6 Å². The number of esters is 3. The zero-order chi connectivity index (χ0) is 16.6. The van der Waals surface area contributed by atoms with Crippen molar-refractivity contribution in [1.29, 1.82) is 0 Å². The molecule has 9 atom stereocenters. The molecule has 6 saturated heterocycles. The Labute approximate surface area is 136 Å². The number of hydrogen-bond donors (Lipinski definition) is 0. The van der Waals surface area contributed by atoms with E-state index in [1.807, 2.05) is 0 Å². The average Bonchev–Trinajstić information content (AvgIpc) is 3.26. The molecule has 6 aliphatic rings. The molecule has 0 saturated carbocycles. The summed E-state index contributed by atoms with van der Waals surface area (Å²) in [6.45, 7) is 5.09. The monoisotopic (exact) mass is 334 g/mol. The Hall–Kier alpha value is -1.93. The van der Waals surface area contributed by atoms with E-state index in [-0.39, 0.29) is 11.7 Å². The molecule has 6 fully saturated rings. The molecule has 0 aromatic carbocycles. The average molecular weight is 334 g/mol. The first-order valence-corrected chi connectivity index (χ1v) is 8.03. The van der Waals surface area contributed by atoms with Crippen molar-refractivity contribution >= 4 is 17.9 Å². The van der Waals surface area contributed by atoms with Crippen LogP contribution >= 0.6 is 0 Å². The zero-order valence-corrected chi connectivity index (χ0v) is 12.7. The molecule has 0 aromatic rings. The molecule has 126 valence electrons. The molecule has 0 N–H and O–H groups in total. The van der Waals surface area contributed by atoms with Gasteiger partial charge in [-0.2, -0.15) is 0 Å². The summed E-state index contributed by atoms with van der Waals surface area (Å²) in [7, 11) is 0. The molecule has 0 radical (unpaired) electrons. The minimum Gasteiger partial charge on any atom is -0.459 e. The normalized spacial score (nSPS) is 57.1. The molecule has 0 aromatic heterocycles. The Bertz CT molecular complexity index is 757. The van der Waals surface area contributed by atoms with Gasteiger partial charge in [-0.1, -0.05) is 6.58 Å². The first-order chi connectivity index (χ1) is 11.4. The van der Waals surface area contributed by atoms with Crippen LogP contribution in [0.15, 0.2) is 12.2 Å². The van der Waals surface area contributed by atoms with Gasteiger partial charge in [0.05, 0.1) is 6.10 Å². The summed E-state index contributed by atoms with van der Waals surface area (Å²) in [5, 5.41) is 0. The van der Waals surface area contributed by atoms with Crippen molar-refractivity contribution in [3.05, 3.63) is 12.2 Å². The first-order valence-electron chi connectivity index (χ1n) is 8.03. The van der Waals surface area contributed by atoms with E-state index in [2.05, 4.69) is 6.58 Å². The maximum atomic E-state index is 12.8. The second-order valence-electron chi connectivity index (χ2n) is 7.46. The lowest BCUT2D eigenvalue weighted by Gasteiger charge is -2.40. The van der Waals surface area contributed by atoms with Crippen LogP contribution in [0.5, 0.6) is 0 Å². The Balaban J connectivity index is 1.53. The van der Waals surface area contributed by atoms with Crippen molar-refractivity contribution in [3.63, 3.8) is 0 Å². The minimum atomic E-state index is -1.27. The molecule has 0 amide bonds. The van der Waals surface area contributed by atoms with Crippen molar-refractivity contribution in [2.45, 2.75) is 56.1 Å². The fourth-order valence-corrected chi connectivity index (χ4v) is 5.92. The van der Waals surface area contributed by atoms with Gasteiger partial charge in [-0.05, 0) is 6.92 Å². The van der Waals surface area contributed by atoms with Crippen LogP contribution in [0.1, 0.15) is 13.3 Å². The van der Waals surface area contributed by atoms with E-state index in [1.165, 1.54) is 6.92 Å². The maximum absolute atomic E-state index is 12.8. The van der Waals surface area contributed by atoms with Gasteiger partial charge in [0.25, 0.3) is 0 Å². The van der Waals surface area contributed by atoms with E-state index in [4.69, 9.17) is 23.7 Å². The molecule has 0 aliphatic carbocycles. The minimum absolute atomic E-state index is 0.224. The van der Waals surface area contributed by atoms with Crippen LogP contribution in [0.4, 0.5) is 0 Å². The predicted octanol–water partition coefficient (Wildman–Crippen LogP) is -0.750. The van der Waals surface area contributed by atoms with Gasteiger partial charge < -0.3 is 23.7 Å². The molecule has 24 heavy (non-hydrogen) atoms. The second-order valence-corrected chi connectivity index (χ2v) is 7.46. The Kier molecular flexibility index (Phi) is 1.96. The lowest BCUT2D eigenvalue weighted by atomic mass is 9.50. The van der Waals surface area contributed by atoms with Gasteiger partial charge in [0.15, 0.2) is 12.2 Å². The number of hydrogen-bond acceptors (Lipinski definition) is 8. The quantitative estimate of drug-likeness (QED) is 0.370. The van der Waals surface area contributed by atoms with Gasteiger partial charge in [0.1, 0.15) is 35.2 Å². The number of fused-ring (bicyclic) bond motifs is 2. The van der Waals surface area contributed by atoms with Crippen molar-refractivity contribution in [2.24, 2.45) is 10.8 Å². The number of carbonyl (C=O) groups excluding carboxylic acids is 3. The van der Waals surface area contributed by atoms with Crippen molar-refractivity contribution < 1.29 is 38.1 Å². The summed E-state index contributed by atoms with van der Waals surface area (Å²) in [5.74, 6) is -1.61. The third-order valence-corrected chi connectivity index (χ3v) is 6.62. The van der Waals surface area contributed by atoms with Crippen molar-refractivity contribution in [3.8, 4) is 0 Å². The van der Waals surface area contributed by atoms with Gasteiger partial charge >= 0.3 is 17.9 Å². The standard InChI is InChI=1S/C16H14O8/c1-4(2)12(17)22-7-8-10-15(13(18)23-8)6-3-5-9(21-6)16(15,11(7)24-10)14(19)20-5/h5-11H,1,3H2,2H3. The largest absolute Gasteiger partial charge is 0.459 e. The highest BCUT2D eigenvalue weighted by Gasteiger charge is 2.97. The van der Waals surface area contributed by atoms with Gasteiger partial charge in [-0.25, -0.2) is 4.79 Å². The molecule has 9 unspecified atom stereocenters. The summed E-state index contributed by atoms with van der Waals surface area (Å²) in [6.07, 6.45) is -3.93. The second kappa shape index (κ2) is 3.52. The lowest BCUT2D eigenvalue weighted by molar-refractivity contribution is -0.164.